The summed E-state index contributed by atoms with van der Waals surface area (Å²) in [5.74, 6) is 6.42. The van der Waals surface area contributed by atoms with Gasteiger partial charge in [0.1, 0.15) is 0 Å². The van der Waals surface area contributed by atoms with E-state index in [1.54, 1.807) is 0 Å². The lowest BCUT2D eigenvalue weighted by atomic mass is 10.0. The molecule has 0 spiro atoms. The zero-order chi connectivity index (χ0) is 8.81. The van der Waals surface area contributed by atoms with Gasteiger partial charge in [0.15, 0.2) is 0 Å². The lowest BCUT2D eigenvalue weighted by molar-refractivity contribution is 0.432. The monoisotopic (exact) mass is 168 g/mol. The van der Waals surface area contributed by atoms with Crippen LogP contribution in [0.15, 0.2) is 12.7 Å². The van der Waals surface area contributed by atoms with Gasteiger partial charge in [0.2, 0.25) is 0 Å². The van der Waals surface area contributed by atoms with Crippen molar-refractivity contribution in [3.63, 3.8) is 0 Å². The maximum Gasteiger partial charge on any atom is 0.0213 e. The van der Waals surface area contributed by atoms with Crippen molar-refractivity contribution in [3.05, 3.63) is 12.7 Å². The molecule has 1 aliphatic carbocycles. The lowest BCUT2D eigenvalue weighted by Gasteiger charge is -2.14. The highest BCUT2D eigenvalue weighted by atomic mass is 15.2. The van der Waals surface area contributed by atoms with Crippen molar-refractivity contribution in [2.45, 2.75) is 44.6 Å². The fourth-order valence-electron chi connectivity index (χ4n) is 1.53. The van der Waals surface area contributed by atoms with Crippen molar-refractivity contribution >= 4 is 0 Å². The van der Waals surface area contributed by atoms with Crippen LogP contribution in [0.2, 0.25) is 0 Å². The summed E-state index contributed by atoms with van der Waals surface area (Å²) in [6, 6.07) is 0.539. The van der Waals surface area contributed by atoms with Crippen LogP contribution in [0.4, 0.5) is 0 Å². The van der Waals surface area contributed by atoms with Gasteiger partial charge < -0.3 is 0 Å². The minimum absolute atomic E-state index is 0.539. The number of nitrogens with two attached hydrogens (primary N) is 1. The van der Waals surface area contributed by atoms with Crippen molar-refractivity contribution in [2.24, 2.45) is 11.8 Å². The van der Waals surface area contributed by atoms with E-state index in [1.165, 1.54) is 32.1 Å². The van der Waals surface area contributed by atoms with Crippen LogP contribution in [0.5, 0.6) is 0 Å². The molecular weight excluding hydrogens is 148 g/mol. The molecule has 1 rings (SSSR count). The van der Waals surface area contributed by atoms with E-state index >= 15 is 0 Å². The Kier molecular flexibility index (Phi) is 4.33. The summed E-state index contributed by atoms with van der Waals surface area (Å²) in [6.45, 7) is 3.70. The van der Waals surface area contributed by atoms with Crippen LogP contribution in [0.25, 0.3) is 0 Å². The quantitative estimate of drug-likeness (QED) is 0.264. The fraction of sp³-hybridized carbons (Fsp3) is 0.800. The van der Waals surface area contributed by atoms with Gasteiger partial charge in [0.05, 0.1) is 0 Å². The number of hydrazine groups is 1. The third kappa shape index (κ3) is 3.88. The van der Waals surface area contributed by atoms with Gasteiger partial charge in [-0.2, -0.15) is 0 Å². The van der Waals surface area contributed by atoms with Gasteiger partial charge in [-0.1, -0.05) is 18.9 Å². The van der Waals surface area contributed by atoms with E-state index in [2.05, 4.69) is 12.0 Å². The third-order valence-electron chi connectivity index (χ3n) is 2.51. The number of nitrogens with one attached hydrogen (secondary N) is 1. The Morgan fingerprint density at radius 3 is 2.83 bits per heavy atom. The Labute approximate surface area is 75.2 Å². The average Bonchev–Trinajstić information content (AvgIpc) is 2.87. The van der Waals surface area contributed by atoms with E-state index in [-0.39, 0.29) is 0 Å². The van der Waals surface area contributed by atoms with Crippen molar-refractivity contribution < 1.29 is 0 Å². The Balaban J connectivity index is 2.02. The van der Waals surface area contributed by atoms with E-state index in [9.17, 15) is 0 Å². The maximum absolute atomic E-state index is 5.46. The van der Waals surface area contributed by atoms with Crippen molar-refractivity contribution in [1.82, 2.24) is 5.43 Å². The first-order chi connectivity index (χ1) is 5.86. The number of hydrogen-bond acceptors (Lipinski definition) is 2. The van der Waals surface area contributed by atoms with Gasteiger partial charge in [0, 0.05) is 6.04 Å². The fourth-order valence-corrected chi connectivity index (χ4v) is 1.53. The van der Waals surface area contributed by atoms with E-state index in [0.29, 0.717) is 6.04 Å². The molecule has 70 valence electrons. The highest BCUT2D eigenvalue weighted by molar-refractivity contribution is 4.79. The molecule has 1 saturated carbocycles. The smallest absolute Gasteiger partial charge is 0.0213 e. The zero-order valence-electron chi connectivity index (χ0n) is 7.76. The first-order valence-electron chi connectivity index (χ1n) is 4.94. The molecule has 1 aliphatic rings. The van der Waals surface area contributed by atoms with Crippen LogP contribution in [-0.2, 0) is 0 Å². The first kappa shape index (κ1) is 9.75. The van der Waals surface area contributed by atoms with Gasteiger partial charge in [-0.15, -0.1) is 6.58 Å². The number of hydrogen-bond donors (Lipinski definition) is 2. The summed E-state index contributed by atoms with van der Waals surface area (Å²) in [4.78, 5) is 0. The summed E-state index contributed by atoms with van der Waals surface area (Å²) in [6.07, 6.45) is 9.60. The molecule has 2 heteroatoms. The molecule has 3 N–H and O–H groups in total. The van der Waals surface area contributed by atoms with Crippen LogP contribution in [0.3, 0.4) is 0 Å². The standard InChI is InChI=1S/C10H20N2/c1-2-3-4-5-10(12-11)8-9-6-7-9/h2,9-10,12H,1,3-8,11H2. The first-order valence-corrected chi connectivity index (χ1v) is 4.94. The normalized spacial score (nSPS) is 19.1. The molecule has 1 unspecified atom stereocenters. The van der Waals surface area contributed by atoms with E-state index in [0.717, 1.165) is 12.3 Å². The van der Waals surface area contributed by atoms with Gasteiger partial charge in [-0.25, -0.2) is 0 Å². The molecule has 0 saturated heterocycles. The molecule has 1 fully saturated rings. The van der Waals surface area contributed by atoms with E-state index in [4.69, 9.17) is 5.84 Å². The zero-order valence-corrected chi connectivity index (χ0v) is 7.76. The minimum atomic E-state index is 0.539. The van der Waals surface area contributed by atoms with Crippen molar-refractivity contribution in [3.8, 4) is 0 Å². The molecule has 2 nitrogen and oxygen atoms in total. The van der Waals surface area contributed by atoms with Crippen LogP contribution >= 0.6 is 0 Å². The largest absolute Gasteiger partial charge is 0.271 e. The van der Waals surface area contributed by atoms with Crippen LogP contribution in [0.1, 0.15) is 38.5 Å². The Bertz CT molecular complexity index is 130. The highest BCUT2D eigenvalue weighted by Gasteiger charge is 2.24. The van der Waals surface area contributed by atoms with Gasteiger partial charge >= 0.3 is 0 Å². The maximum atomic E-state index is 5.46. The molecule has 0 aliphatic heterocycles. The number of rotatable bonds is 7. The van der Waals surface area contributed by atoms with E-state index in [1.807, 2.05) is 6.08 Å². The molecule has 0 aromatic carbocycles. The molecule has 0 bridgehead atoms. The molecule has 0 heterocycles. The Morgan fingerprint density at radius 2 is 2.33 bits per heavy atom. The summed E-state index contributed by atoms with van der Waals surface area (Å²) >= 11 is 0. The predicted molar refractivity (Wildman–Crippen MR) is 52.5 cm³/mol. The molecular formula is C10H20N2. The van der Waals surface area contributed by atoms with Crippen LogP contribution in [0, 0.1) is 5.92 Å². The highest BCUT2D eigenvalue weighted by Crippen LogP contribution is 2.34. The van der Waals surface area contributed by atoms with Crippen LogP contribution in [-0.4, -0.2) is 6.04 Å². The Morgan fingerprint density at radius 1 is 1.58 bits per heavy atom. The number of allylic oxidation sites excluding steroid dienone is 1. The summed E-state index contributed by atoms with van der Waals surface area (Å²) in [5, 5.41) is 0. The predicted octanol–water partition coefficient (Wildman–Crippen LogP) is 1.97. The molecule has 1 atom stereocenters. The van der Waals surface area contributed by atoms with Gasteiger partial charge in [-0.05, 0) is 31.6 Å². The SMILES string of the molecule is C=CCCCC(CC1CC1)NN. The average molecular weight is 168 g/mol. The lowest BCUT2D eigenvalue weighted by Crippen LogP contribution is -2.35. The molecule has 0 aromatic rings. The molecule has 0 amide bonds. The molecule has 12 heavy (non-hydrogen) atoms. The second kappa shape index (κ2) is 5.33. The molecule has 0 aromatic heterocycles. The van der Waals surface area contributed by atoms with Crippen molar-refractivity contribution in [1.29, 1.82) is 0 Å². The van der Waals surface area contributed by atoms with E-state index < -0.39 is 0 Å². The molecule has 0 radical (unpaired) electrons. The summed E-state index contributed by atoms with van der Waals surface area (Å²) < 4.78 is 0. The van der Waals surface area contributed by atoms with Gasteiger partial charge in [0.25, 0.3) is 0 Å². The third-order valence-corrected chi connectivity index (χ3v) is 2.51. The number of unbranched alkanes of at least 4 members (excludes halogenated alkanes) is 1. The summed E-state index contributed by atoms with van der Waals surface area (Å²) in [7, 11) is 0. The minimum Gasteiger partial charge on any atom is -0.271 e. The second-order valence-electron chi connectivity index (χ2n) is 3.76. The van der Waals surface area contributed by atoms with Gasteiger partial charge in [-0.3, -0.25) is 11.3 Å². The van der Waals surface area contributed by atoms with Crippen molar-refractivity contribution in [2.75, 3.05) is 0 Å². The Hall–Kier alpha value is -0.340. The van der Waals surface area contributed by atoms with Crippen LogP contribution < -0.4 is 11.3 Å². The second-order valence-corrected chi connectivity index (χ2v) is 3.76. The summed E-state index contributed by atoms with van der Waals surface area (Å²) in [5.41, 5.74) is 2.90. The topological polar surface area (TPSA) is 38.0 Å².